The zero-order chi connectivity index (χ0) is 30.5. The maximum absolute atomic E-state index is 2.39. The molecule has 7 aromatic carbocycles. The molecule has 9 aromatic rings. The van der Waals surface area contributed by atoms with Gasteiger partial charge < -0.3 is 9.80 Å². The van der Waals surface area contributed by atoms with E-state index in [1.807, 2.05) is 22.7 Å². The second kappa shape index (κ2) is 11.2. The van der Waals surface area contributed by atoms with Gasteiger partial charge in [-0.25, -0.2) is 0 Å². The van der Waals surface area contributed by atoms with Crippen LogP contribution in [0.15, 0.2) is 170 Å². The topological polar surface area (TPSA) is 6.48 Å². The quantitative estimate of drug-likeness (QED) is 0.182. The number of fused-ring (bicyclic) bond motifs is 6. The summed E-state index contributed by atoms with van der Waals surface area (Å²) in [5.41, 5.74) is 6.86. The van der Waals surface area contributed by atoms with Gasteiger partial charge in [-0.1, -0.05) is 78.9 Å². The monoisotopic (exact) mass is 624 g/mol. The summed E-state index contributed by atoms with van der Waals surface area (Å²) in [5, 5.41) is 5.17. The van der Waals surface area contributed by atoms with Gasteiger partial charge in [-0.05, 0) is 91.0 Å². The first kappa shape index (κ1) is 26.9. The van der Waals surface area contributed by atoms with Gasteiger partial charge >= 0.3 is 0 Å². The largest absolute Gasteiger partial charge is 0.310 e. The van der Waals surface area contributed by atoms with Crippen LogP contribution in [-0.4, -0.2) is 0 Å². The van der Waals surface area contributed by atoms with Gasteiger partial charge in [0.15, 0.2) is 0 Å². The summed E-state index contributed by atoms with van der Waals surface area (Å²) in [6, 6.07) is 61.3. The van der Waals surface area contributed by atoms with Crippen molar-refractivity contribution in [3.05, 3.63) is 170 Å². The van der Waals surface area contributed by atoms with Crippen LogP contribution in [0, 0.1) is 0 Å². The van der Waals surface area contributed by atoms with Crippen molar-refractivity contribution in [1.82, 2.24) is 0 Å². The second-order valence-corrected chi connectivity index (χ2v) is 13.6. The van der Waals surface area contributed by atoms with E-state index in [2.05, 4.69) is 180 Å². The molecule has 0 radical (unpaired) electrons. The van der Waals surface area contributed by atoms with Crippen molar-refractivity contribution in [2.45, 2.75) is 0 Å². The molecule has 2 heterocycles. The van der Waals surface area contributed by atoms with E-state index in [-0.39, 0.29) is 0 Å². The predicted molar refractivity (Wildman–Crippen MR) is 202 cm³/mol. The van der Waals surface area contributed by atoms with Crippen LogP contribution in [0.3, 0.4) is 0 Å². The molecular formula is C42H28N2S2. The lowest BCUT2D eigenvalue weighted by molar-refractivity contribution is 1.29. The Hall–Kier alpha value is -5.42. The molecule has 0 N–H and O–H groups in total. The Morgan fingerprint density at radius 1 is 0.261 bits per heavy atom. The minimum Gasteiger partial charge on any atom is -0.310 e. The van der Waals surface area contributed by atoms with Gasteiger partial charge in [-0.3, -0.25) is 0 Å². The molecule has 2 aromatic heterocycles. The van der Waals surface area contributed by atoms with Crippen LogP contribution in [0.2, 0.25) is 0 Å². The third-order valence-corrected chi connectivity index (χ3v) is 10.9. The SMILES string of the molecule is c1ccc(N(c2ccccc2)c2ccc3sc4ccc(N(c5ccccc5)c5ccc6c(c5)sc5ccccc56)cc4c3c2)cc1. The second-order valence-electron chi connectivity index (χ2n) is 11.4. The third kappa shape index (κ3) is 4.62. The van der Waals surface area contributed by atoms with Crippen molar-refractivity contribution in [3.8, 4) is 0 Å². The molecule has 0 aliphatic heterocycles. The van der Waals surface area contributed by atoms with Crippen LogP contribution >= 0.6 is 22.7 Å². The number of hydrogen-bond acceptors (Lipinski definition) is 4. The highest BCUT2D eigenvalue weighted by Crippen LogP contribution is 2.44. The van der Waals surface area contributed by atoms with Gasteiger partial charge in [0.05, 0.1) is 0 Å². The third-order valence-electron chi connectivity index (χ3n) is 8.62. The Labute approximate surface area is 275 Å². The molecule has 0 saturated heterocycles. The fraction of sp³-hybridized carbons (Fsp3) is 0. The van der Waals surface area contributed by atoms with E-state index >= 15 is 0 Å². The number of nitrogens with zero attached hydrogens (tertiary/aromatic N) is 2. The molecule has 9 rings (SSSR count). The molecule has 0 unspecified atom stereocenters. The number of anilines is 6. The van der Waals surface area contributed by atoms with Gasteiger partial charge in [0.25, 0.3) is 0 Å². The minimum absolute atomic E-state index is 1.14. The Morgan fingerprint density at radius 2 is 0.652 bits per heavy atom. The highest BCUT2D eigenvalue weighted by molar-refractivity contribution is 7.26. The molecule has 0 amide bonds. The number of benzene rings is 7. The van der Waals surface area contributed by atoms with Crippen molar-refractivity contribution >= 4 is 97.1 Å². The summed E-state index contributed by atoms with van der Waals surface area (Å²) in [4.78, 5) is 4.72. The van der Waals surface area contributed by atoms with Crippen molar-refractivity contribution in [1.29, 1.82) is 0 Å². The maximum Gasteiger partial charge on any atom is 0.0476 e. The smallest absolute Gasteiger partial charge is 0.0476 e. The predicted octanol–water partition coefficient (Wildman–Crippen LogP) is 13.4. The zero-order valence-corrected chi connectivity index (χ0v) is 26.5. The first-order valence-corrected chi connectivity index (χ1v) is 17.1. The molecule has 218 valence electrons. The summed E-state index contributed by atoms with van der Waals surface area (Å²) in [5.74, 6) is 0. The van der Waals surface area contributed by atoms with Crippen molar-refractivity contribution in [2.24, 2.45) is 0 Å². The summed E-state index contributed by atoms with van der Waals surface area (Å²) in [7, 11) is 0. The average molecular weight is 625 g/mol. The lowest BCUT2D eigenvalue weighted by atomic mass is 10.1. The van der Waals surface area contributed by atoms with E-state index in [1.54, 1.807) is 0 Å². The van der Waals surface area contributed by atoms with Gasteiger partial charge in [0.2, 0.25) is 0 Å². The molecule has 0 aliphatic rings. The van der Waals surface area contributed by atoms with Crippen LogP contribution in [0.4, 0.5) is 34.1 Å². The first-order valence-electron chi connectivity index (χ1n) is 15.4. The van der Waals surface area contributed by atoms with Crippen molar-refractivity contribution in [2.75, 3.05) is 9.80 Å². The number of rotatable bonds is 6. The summed E-state index contributed by atoms with van der Waals surface area (Å²) < 4.78 is 5.20. The van der Waals surface area contributed by atoms with Crippen LogP contribution in [0.25, 0.3) is 40.3 Å². The molecular weight excluding hydrogens is 597 g/mol. The molecule has 46 heavy (non-hydrogen) atoms. The molecule has 2 nitrogen and oxygen atoms in total. The van der Waals surface area contributed by atoms with Crippen LogP contribution in [-0.2, 0) is 0 Å². The van der Waals surface area contributed by atoms with Crippen LogP contribution in [0.5, 0.6) is 0 Å². The fourth-order valence-corrected chi connectivity index (χ4v) is 8.72. The Morgan fingerprint density at radius 3 is 1.22 bits per heavy atom. The lowest BCUT2D eigenvalue weighted by Crippen LogP contribution is -2.09. The molecule has 0 spiro atoms. The maximum atomic E-state index is 2.39. The summed E-state index contributed by atoms with van der Waals surface area (Å²) >= 11 is 3.71. The van der Waals surface area contributed by atoms with E-state index in [4.69, 9.17) is 0 Å². The highest BCUT2D eigenvalue weighted by Gasteiger charge is 2.18. The van der Waals surface area contributed by atoms with Gasteiger partial charge in [0, 0.05) is 74.5 Å². The normalized spacial score (nSPS) is 11.5. The minimum atomic E-state index is 1.14. The molecule has 0 saturated carbocycles. The van der Waals surface area contributed by atoms with E-state index in [0.29, 0.717) is 0 Å². The Bertz CT molecular complexity index is 2440. The standard InChI is InChI=1S/C42H28N2S2/c1-4-12-29(13-5-1)43(30-14-6-2-7-15-30)32-21-24-40-37(26-32)38-27-33(22-25-41(38)45-40)44(31-16-8-3-9-17-31)34-20-23-36-35-18-10-11-19-39(35)46-42(36)28-34/h1-28H. The van der Waals surface area contributed by atoms with Gasteiger partial charge in [-0.2, -0.15) is 0 Å². The summed E-state index contributed by atoms with van der Waals surface area (Å²) in [6.45, 7) is 0. The number of thiophene rings is 2. The molecule has 0 aliphatic carbocycles. The van der Waals surface area contributed by atoms with Gasteiger partial charge in [0.1, 0.15) is 0 Å². The average Bonchev–Trinajstić information content (AvgIpc) is 3.67. The van der Waals surface area contributed by atoms with E-state index in [1.165, 1.54) is 40.3 Å². The molecule has 0 atom stereocenters. The van der Waals surface area contributed by atoms with Crippen molar-refractivity contribution in [3.63, 3.8) is 0 Å². The first-order chi connectivity index (χ1) is 22.8. The molecule has 0 fully saturated rings. The number of hydrogen-bond donors (Lipinski definition) is 0. The van der Waals surface area contributed by atoms with E-state index < -0.39 is 0 Å². The molecule has 4 heteroatoms. The zero-order valence-electron chi connectivity index (χ0n) is 24.9. The van der Waals surface area contributed by atoms with E-state index in [9.17, 15) is 0 Å². The highest BCUT2D eigenvalue weighted by atomic mass is 32.1. The van der Waals surface area contributed by atoms with E-state index in [0.717, 1.165) is 34.1 Å². The molecule has 0 bridgehead atoms. The van der Waals surface area contributed by atoms with Gasteiger partial charge in [-0.15, -0.1) is 22.7 Å². The summed E-state index contributed by atoms with van der Waals surface area (Å²) in [6.07, 6.45) is 0. The Kier molecular flexibility index (Phi) is 6.55. The Balaban J connectivity index is 1.21. The lowest BCUT2D eigenvalue weighted by Gasteiger charge is -2.26. The van der Waals surface area contributed by atoms with Crippen LogP contribution in [0.1, 0.15) is 0 Å². The fourth-order valence-electron chi connectivity index (χ4n) is 6.51. The van der Waals surface area contributed by atoms with Crippen LogP contribution < -0.4 is 9.80 Å². The number of para-hydroxylation sites is 3. The van der Waals surface area contributed by atoms with Crippen molar-refractivity contribution < 1.29 is 0 Å².